The summed E-state index contributed by atoms with van der Waals surface area (Å²) in [5.41, 5.74) is 1.19. The van der Waals surface area contributed by atoms with Gasteiger partial charge in [0, 0.05) is 0 Å². The zero-order valence-electron chi connectivity index (χ0n) is 11.2. The highest BCUT2D eigenvalue weighted by molar-refractivity contribution is 7.07. The number of thiophene rings is 1. The Hall–Kier alpha value is -0.870. The van der Waals surface area contributed by atoms with E-state index in [9.17, 15) is 4.79 Å². The topological polar surface area (TPSA) is 38.3 Å². The Balaban J connectivity index is 1.50. The fourth-order valence-corrected chi connectivity index (χ4v) is 4.01. The molecule has 1 amide bonds. The summed E-state index contributed by atoms with van der Waals surface area (Å²) in [6.45, 7) is 0.690. The first-order valence-electron chi connectivity index (χ1n) is 7.20. The van der Waals surface area contributed by atoms with E-state index in [1.54, 1.807) is 11.3 Å². The molecule has 1 aliphatic carbocycles. The van der Waals surface area contributed by atoms with Crippen molar-refractivity contribution >= 4 is 17.2 Å². The van der Waals surface area contributed by atoms with Crippen molar-refractivity contribution in [1.82, 2.24) is 5.32 Å². The van der Waals surface area contributed by atoms with Gasteiger partial charge in [-0.1, -0.05) is 19.3 Å². The number of carbonyl (C=O) groups excluding carboxylic acids is 1. The van der Waals surface area contributed by atoms with E-state index < -0.39 is 0 Å². The molecule has 1 aliphatic heterocycles. The zero-order chi connectivity index (χ0) is 13.1. The second-order valence-electron chi connectivity index (χ2n) is 5.83. The summed E-state index contributed by atoms with van der Waals surface area (Å²) in [4.78, 5) is 12.0. The standard InChI is InChI=1S/C15H21NO2S/c17-14(8-12-4-7-19-11-12)16-13-9-15(18-10-13)5-2-1-3-6-15/h4,7,11,13H,1-3,5-6,8-10H2,(H,16,17)/t13-/m0/s1. The summed E-state index contributed by atoms with van der Waals surface area (Å²) < 4.78 is 6.02. The minimum atomic E-state index is 0.0819. The van der Waals surface area contributed by atoms with Crippen LogP contribution in [0.4, 0.5) is 0 Å². The quantitative estimate of drug-likeness (QED) is 0.924. The molecule has 0 unspecified atom stereocenters. The van der Waals surface area contributed by atoms with Gasteiger partial charge in [-0.05, 0) is 41.7 Å². The molecular weight excluding hydrogens is 258 g/mol. The summed E-state index contributed by atoms with van der Waals surface area (Å²) >= 11 is 1.64. The molecule has 2 fully saturated rings. The molecule has 104 valence electrons. The molecule has 1 N–H and O–H groups in total. The Morgan fingerprint density at radius 2 is 2.26 bits per heavy atom. The second kappa shape index (κ2) is 5.63. The highest BCUT2D eigenvalue weighted by atomic mass is 32.1. The van der Waals surface area contributed by atoms with Crippen LogP contribution in [0.2, 0.25) is 0 Å². The van der Waals surface area contributed by atoms with Gasteiger partial charge in [-0.15, -0.1) is 0 Å². The van der Waals surface area contributed by atoms with Gasteiger partial charge in [0.15, 0.2) is 0 Å². The maximum absolute atomic E-state index is 12.0. The maximum atomic E-state index is 12.0. The van der Waals surface area contributed by atoms with Gasteiger partial charge in [0.25, 0.3) is 0 Å². The molecule has 4 heteroatoms. The summed E-state index contributed by atoms with van der Waals surface area (Å²) in [6, 6.07) is 2.22. The van der Waals surface area contributed by atoms with E-state index in [0.717, 1.165) is 12.0 Å². The number of carbonyl (C=O) groups is 1. The number of ether oxygens (including phenoxy) is 1. The molecule has 1 saturated carbocycles. The number of hydrogen-bond acceptors (Lipinski definition) is 3. The van der Waals surface area contributed by atoms with E-state index in [-0.39, 0.29) is 17.6 Å². The van der Waals surface area contributed by atoms with E-state index in [4.69, 9.17) is 4.74 Å². The molecule has 19 heavy (non-hydrogen) atoms. The molecule has 1 spiro atoms. The SMILES string of the molecule is O=C(Cc1ccsc1)N[C@@H]1COC2(CCCCC2)C1. The van der Waals surface area contributed by atoms with E-state index in [0.29, 0.717) is 13.0 Å². The van der Waals surface area contributed by atoms with Gasteiger partial charge in [0.05, 0.1) is 24.7 Å². The van der Waals surface area contributed by atoms with E-state index in [1.807, 2.05) is 16.8 Å². The van der Waals surface area contributed by atoms with Gasteiger partial charge < -0.3 is 10.1 Å². The lowest BCUT2D eigenvalue weighted by Gasteiger charge is -2.32. The molecule has 3 rings (SSSR count). The highest BCUT2D eigenvalue weighted by Gasteiger charge is 2.41. The third kappa shape index (κ3) is 3.18. The van der Waals surface area contributed by atoms with Gasteiger partial charge in [-0.25, -0.2) is 0 Å². The zero-order valence-corrected chi connectivity index (χ0v) is 12.0. The average Bonchev–Trinajstić information content (AvgIpc) is 3.02. The molecule has 0 bridgehead atoms. The van der Waals surface area contributed by atoms with E-state index in [2.05, 4.69) is 5.32 Å². The number of amides is 1. The van der Waals surface area contributed by atoms with Crippen LogP contribution in [-0.4, -0.2) is 24.2 Å². The summed E-state index contributed by atoms with van der Waals surface area (Å²) in [7, 11) is 0. The fraction of sp³-hybridized carbons (Fsp3) is 0.667. The Kier molecular flexibility index (Phi) is 3.89. The first kappa shape index (κ1) is 13.1. The molecule has 2 aliphatic rings. The van der Waals surface area contributed by atoms with Crippen LogP contribution >= 0.6 is 11.3 Å². The largest absolute Gasteiger partial charge is 0.373 e. The minimum absolute atomic E-state index is 0.0819. The number of rotatable bonds is 3. The first-order chi connectivity index (χ1) is 9.26. The Labute approximate surface area is 118 Å². The van der Waals surface area contributed by atoms with Crippen molar-refractivity contribution in [3.63, 3.8) is 0 Å². The lowest BCUT2D eigenvalue weighted by atomic mass is 9.82. The molecule has 0 aromatic carbocycles. The van der Waals surface area contributed by atoms with Gasteiger partial charge in [-0.2, -0.15) is 11.3 Å². The fourth-order valence-electron chi connectivity index (χ4n) is 3.34. The van der Waals surface area contributed by atoms with Crippen LogP contribution in [-0.2, 0) is 16.0 Å². The summed E-state index contributed by atoms with van der Waals surface area (Å²) in [6.07, 6.45) is 7.72. The predicted octanol–water partition coefficient (Wildman–Crippen LogP) is 2.90. The molecule has 0 radical (unpaired) electrons. The summed E-state index contributed by atoms with van der Waals surface area (Å²) in [5, 5.41) is 7.18. The minimum Gasteiger partial charge on any atom is -0.373 e. The van der Waals surface area contributed by atoms with Crippen molar-refractivity contribution < 1.29 is 9.53 Å². The Morgan fingerprint density at radius 3 is 3.00 bits per heavy atom. The second-order valence-corrected chi connectivity index (χ2v) is 6.61. The third-order valence-electron chi connectivity index (χ3n) is 4.28. The van der Waals surface area contributed by atoms with Gasteiger partial charge in [-0.3, -0.25) is 4.79 Å². The maximum Gasteiger partial charge on any atom is 0.224 e. The van der Waals surface area contributed by atoms with Gasteiger partial charge in [0.2, 0.25) is 5.91 Å². The van der Waals surface area contributed by atoms with Crippen molar-refractivity contribution in [3.05, 3.63) is 22.4 Å². The lowest BCUT2D eigenvalue weighted by molar-refractivity contribution is -0.121. The average molecular weight is 279 g/mol. The summed E-state index contributed by atoms with van der Waals surface area (Å²) in [5.74, 6) is 0.125. The third-order valence-corrected chi connectivity index (χ3v) is 5.02. The van der Waals surface area contributed by atoms with Gasteiger partial charge in [0.1, 0.15) is 0 Å². The van der Waals surface area contributed by atoms with Crippen LogP contribution in [0.5, 0.6) is 0 Å². The van der Waals surface area contributed by atoms with E-state index >= 15 is 0 Å². The molecule has 3 nitrogen and oxygen atoms in total. The van der Waals surface area contributed by atoms with Crippen LogP contribution in [0, 0.1) is 0 Å². The van der Waals surface area contributed by atoms with Gasteiger partial charge >= 0.3 is 0 Å². The Bertz CT molecular complexity index is 423. The monoisotopic (exact) mass is 279 g/mol. The normalized spacial score (nSPS) is 25.6. The van der Waals surface area contributed by atoms with Crippen LogP contribution in [0.3, 0.4) is 0 Å². The molecular formula is C15H21NO2S. The number of hydrogen-bond donors (Lipinski definition) is 1. The molecule has 1 saturated heterocycles. The van der Waals surface area contributed by atoms with Crippen molar-refractivity contribution in [1.29, 1.82) is 0 Å². The smallest absolute Gasteiger partial charge is 0.224 e. The van der Waals surface area contributed by atoms with E-state index in [1.165, 1.54) is 32.1 Å². The molecule has 1 atom stereocenters. The first-order valence-corrected chi connectivity index (χ1v) is 8.14. The highest BCUT2D eigenvalue weighted by Crippen LogP contribution is 2.39. The van der Waals surface area contributed by atoms with Crippen LogP contribution in [0.15, 0.2) is 16.8 Å². The van der Waals surface area contributed by atoms with Crippen molar-refractivity contribution in [2.45, 2.75) is 56.6 Å². The van der Waals surface area contributed by atoms with Crippen LogP contribution in [0.25, 0.3) is 0 Å². The molecule has 2 heterocycles. The van der Waals surface area contributed by atoms with Crippen LogP contribution < -0.4 is 5.32 Å². The lowest BCUT2D eigenvalue weighted by Crippen LogP contribution is -2.38. The van der Waals surface area contributed by atoms with Crippen molar-refractivity contribution in [2.75, 3.05) is 6.61 Å². The van der Waals surface area contributed by atoms with Crippen LogP contribution in [0.1, 0.15) is 44.1 Å². The molecule has 1 aromatic rings. The predicted molar refractivity (Wildman–Crippen MR) is 76.3 cm³/mol. The van der Waals surface area contributed by atoms with Crippen molar-refractivity contribution in [3.8, 4) is 0 Å². The Morgan fingerprint density at radius 1 is 1.42 bits per heavy atom. The number of nitrogens with one attached hydrogen (secondary N) is 1. The van der Waals surface area contributed by atoms with Crippen molar-refractivity contribution in [2.24, 2.45) is 0 Å². The molecule has 1 aromatic heterocycles.